The molecule has 0 amide bonds. The van der Waals surface area contributed by atoms with Gasteiger partial charge in [0.15, 0.2) is 0 Å². The summed E-state index contributed by atoms with van der Waals surface area (Å²) in [6.07, 6.45) is 3.87. The van der Waals surface area contributed by atoms with Crippen molar-refractivity contribution in [1.82, 2.24) is 4.98 Å². The summed E-state index contributed by atoms with van der Waals surface area (Å²) in [5.74, 6) is 0.729. The van der Waals surface area contributed by atoms with Gasteiger partial charge in [-0.05, 0) is 29.8 Å². The van der Waals surface area contributed by atoms with Gasteiger partial charge in [-0.3, -0.25) is 0 Å². The smallest absolute Gasteiger partial charge is 0.121 e. The Morgan fingerprint density at radius 1 is 0.955 bits per heavy atom. The highest BCUT2D eigenvalue weighted by atomic mass is 16.5. The van der Waals surface area contributed by atoms with E-state index >= 15 is 0 Å². The quantitative estimate of drug-likeness (QED) is 0.723. The van der Waals surface area contributed by atoms with Gasteiger partial charge in [-0.2, -0.15) is 0 Å². The number of para-hydroxylation sites is 1. The van der Waals surface area contributed by atoms with Crippen molar-refractivity contribution < 1.29 is 4.74 Å². The maximum absolute atomic E-state index is 6.05. The molecule has 2 aromatic carbocycles. The fourth-order valence-corrected chi connectivity index (χ4v) is 2.30. The number of nitrogen functional groups attached to an aromatic ring is 2. The number of nitrogens with zero attached hydrogens (tertiary/aromatic N) is 1. The molecule has 0 unspecified atom stereocenters. The Bertz CT molecular complexity index is 856. The third-order valence-corrected chi connectivity index (χ3v) is 3.48. The Morgan fingerprint density at radius 3 is 2.55 bits per heavy atom. The summed E-state index contributed by atoms with van der Waals surface area (Å²) in [5, 5.41) is 0.952. The number of hydrogen-bond donors (Lipinski definition) is 2. The molecule has 3 aromatic rings. The first-order valence-corrected chi connectivity index (χ1v) is 6.94. The Labute approximate surface area is 129 Å². The van der Waals surface area contributed by atoms with Gasteiger partial charge in [0.25, 0.3) is 0 Å². The van der Waals surface area contributed by atoms with E-state index < -0.39 is 0 Å². The number of anilines is 2. The van der Waals surface area contributed by atoms with Crippen molar-refractivity contribution in [2.24, 2.45) is 0 Å². The summed E-state index contributed by atoms with van der Waals surface area (Å²) in [7, 11) is 1.62. The number of methoxy groups -OCH3 is 1. The Kier molecular flexibility index (Phi) is 3.66. The monoisotopic (exact) mass is 291 g/mol. The van der Waals surface area contributed by atoms with Gasteiger partial charge < -0.3 is 16.2 Å². The van der Waals surface area contributed by atoms with Crippen molar-refractivity contribution in [3.05, 3.63) is 59.8 Å². The van der Waals surface area contributed by atoms with Gasteiger partial charge in [-0.15, -0.1) is 0 Å². The van der Waals surface area contributed by atoms with Gasteiger partial charge in [0.2, 0.25) is 0 Å². The second-order valence-electron chi connectivity index (χ2n) is 4.99. The maximum Gasteiger partial charge on any atom is 0.121 e. The van der Waals surface area contributed by atoms with Crippen LogP contribution in [-0.2, 0) is 0 Å². The number of pyridine rings is 1. The summed E-state index contributed by atoms with van der Waals surface area (Å²) in [6.45, 7) is 0. The van der Waals surface area contributed by atoms with Crippen LogP contribution < -0.4 is 16.2 Å². The van der Waals surface area contributed by atoms with E-state index in [1.54, 1.807) is 13.2 Å². The highest BCUT2D eigenvalue weighted by molar-refractivity contribution is 5.92. The van der Waals surface area contributed by atoms with Gasteiger partial charge in [0.05, 0.1) is 24.0 Å². The van der Waals surface area contributed by atoms with Crippen LogP contribution in [-0.4, -0.2) is 12.1 Å². The number of nitrogens with two attached hydrogens (primary N) is 2. The van der Waals surface area contributed by atoms with Crippen LogP contribution in [0.5, 0.6) is 5.75 Å². The first-order chi connectivity index (χ1) is 10.7. The topological polar surface area (TPSA) is 74.2 Å². The SMILES string of the molecule is COc1cc(N)c2nc(C=Cc3ccccc3N)ccc2c1. The predicted octanol–water partition coefficient (Wildman–Crippen LogP) is 3.58. The molecule has 1 heterocycles. The van der Waals surface area contributed by atoms with E-state index in [4.69, 9.17) is 16.2 Å². The largest absolute Gasteiger partial charge is 0.497 e. The van der Waals surface area contributed by atoms with Crippen molar-refractivity contribution >= 4 is 34.4 Å². The number of rotatable bonds is 3. The van der Waals surface area contributed by atoms with Gasteiger partial charge in [0, 0.05) is 17.1 Å². The van der Waals surface area contributed by atoms with E-state index in [0.29, 0.717) is 5.69 Å². The van der Waals surface area contributed by atoms with E-state index in [0.717, 1.165) is 33.6 Å². The fourth-order valence-electron chi connectivity index (χ4n) is 2.30. The zero-order chi connectivity index (χ0) is 15.5. The van der Waals surface area contributed by atoms with E-state index in [2.05, 4.69) is 4.98 Å². The van der Waals surface area contributed by atoms with Crippen LogP contribution in [0.1, 0.15) is 11.3 Å². The molecular weight excluding hydrogens is 274 g/mol. The first kappa shape index (κ1) is 13.9. The van der Waals surface area contributed by atoms with Gasteiger partial charge in [-0.1, -0.05) is 30.3 Å². The minimum Gasteiger partial charge on any atom is -0.497 e. The lowest BCUT2D eigenvalue weighted by Gasteiger charge is -2.06. The number of benzene rings is 2. The maximum atomic E-state index is 6.05. The molecule has 0 aliphatic carbocycles. The van der Waals surface area contributed by atoms with Crippen LogP contribution in [0.2, 0.25) is 0 Å². The van der Waals surface area contributed by atoms with Gasteiger partial charge >= 0.3 is 0 Å². The van der Waals surface area contributed by atoms with E-state index in [-0.39, 0.29) is 0 Å². The molecule has 0 atom stereocenters. The second-order valence-corrected chi connectivity index (χ2v) is 4.99. The van der Waals surface area contributed by atoms with Crippen LogP contribution >= 0.6 is 0 Å². The van der Waals surface area contributed by atoms with Crippen LogP contribution in [0.25, 0.3) is 23.1 Å². The minimum atomic E-state index is 0.601. The zero-order valence-electron chi connectivity index (χ0n) is 12.3. The molecule has 1 aromatic heterocycles. The molecule has 0 fully saturated rings. The number of ether oxygens (including phenoxy) is 1. The average molecular weight is 291 g/mol. The fraction of sp³-hybridized carbons (Fsp3) is 0.0556. The molecule has 0 saturated carbocycles. The Hall–Kier alpha value is -3.01. The third-order valence-electron chi connectivity index (χ3n) is 3.48. The molecule has 110 valence electrons. The van der Waals surface area contributed by atoms with Crippen LogP contribution in [0.15, 0.2) is 48.5 Å². The first-order valence-electron chi connectivity index (χ1n) is 6.94. The van der Waals surface area contributed by atoms with Crippen LogP contribution in [0.4, 0.5) is 11.4 Å². The van der Waals surface area contributed by atoms with Crippen molar-refractivity contribution in [3.63, 3.8) is 0 Å². The summed E-state index contributed by atoms with van der Waals surface area (Å²) >= 11 is 0. The van der Waals surface area contributed by atoms with Crippen LogP contribution in [0, 0.1) is 0 Å². The van der Waals surface area contributed by atoms with Crippen molar-refractivity contribution in [2.45, 2.75) is 0 Å². The normalized spacial score (nSPS) is 11.1. The Morgan fingerprint density at radius 2 is 1.77 bits per heavy atom. The molecule has 0 aliphatic heterocycles. The Balaban J connectivity index is 1.99. The molecule has 0 spiro atoms. The van der Waals surface area contributed by atoms with Crippen molar-refractivity contribution in [3.8, 4) is 5.75 Å². The number of aromatic nitrogens is 1. The molecular formula is C18H17N3O. The second kappa shape index (κ2) is 5.77. The number of fused-ring (bicyclic) bond motifs is 1. The van der Waals surface area contributed by atoms with Crippen LogP contribution in [0.3, 0.4) is 0 Å². The lowest BCUT2D eigenvalue weighted by Crippen LogP contribution is -1.93. The average Bonchev–Trinajstić information content (AvgIpc) is 2.54. The highest BCUT2D eigenvalue weighted by Crippen LogP contribution is 2.26. The van der Waals surface area contributed by atoms with E-state index in [9.17, 15) is 0 Å². The molecule has 0 aliphatic rings. The summed E-state index contributed by atoms with van der Waals surface area (Å²) in [6, 6.07) is 15.3. The zero-order valence-corrected chi connectivity index (χ0v) is 12.3. The molecule has 0 saturated heterocycles. The standard InChI is InChI=1S/C18H17N3O/c1-22-15-10-13-7-9-14(21-18(13)17(20)11-15)8-6-12-4-2-3-5-16(12)19/h2-11H,19-20H2,1H3. The summed E-state index contributed by atoms with van der Waals surface area (Å²) in [5.41, 5.74) is 15.9. The molecule has 4 N–H and O–H groups in total. The summed E-state index contributed by atoms with van der Waals surface area (Å²) < 4.78 is 5.22. The lowest BCUT2D eigenvalue weighted by atomic mass is 10.1. The highest BCUT2D eigenvalue weighted by Gasteiger charge is 2.04. The predicted molar refractivity (Wildman–Crippen MR) is 92.5 cm³/mol. The lowest BCUT2D eigenvalue weighted by molar-refractivity contribution is 0.415. The molecule has 3 rings (SSSR count). The molecule has 22 heavy (non-hydrogen) atoms. The minimum absolute atomic E-state index is 0.601. The molecule has 4 heteroatoms. The molecule has 0 bridgehead atoms. The molecule has 4 nitrogen and oxygen atoms in total. The van der Waals surface area contributed by atoms with Gasteiger partial charge in [0.1, 0.15) is 5.75 Å². The summed E-state index contributed by atoms with van der Waals surface area (Å²) in [4.78, 5) is 4.59. The van der Waals surface area contributed by atoms with Gasteiger partial charge in [-0.25, -0.2) is 4.98 Å². The van der Waals surface area contributed by atoms with Crippen molar-refractivity contribution in [1.29, 1.82) is 0 Å². The van der Waals surface area contributed by atoms with E-state index in [1.165, 1.54) is 0 Å². The van der Waals surface area contributed by atoms with Crippen molar-refractivity contribution in [2.75, 3.05) is 18.6 Å². The molecule has 0 radical (unpaired) electrons. The van der Waals surface area contributed by atoms with E-state index in [1.807, 2.05) is 54.6 Å². The third kappa shape index (κ3) is 2.72. The number of hydrogen-bond acceptors (Lipinski definition) is 4.